The quantitative estimate of drug-likeness (QED) is 0.873. The second kappa shape index (κ2) is 5.49. The summed E-state index contributed by atoms with van der Waals surface area (Å²) < 4.78 is 14.1. The summed E-state index contributed by atoms with van der Waals surface area (Å²) in [5.74, 6) is -0.469. The Bertz CT molecular complexity index is 421. The minimum atomic E-state index is -0.469. The Hall–Kier alpha value is -1.10. The molecule has 94 valence electrons. The number of anilines is 1. The Labute approximate surface area is 109 Å². The Morgan fingerprint density at radius 3 is 2.65 bits per heavy atom. The van der Waals surface area contributed by atoms with Crippen LogP contribution in [0.1, 0.15) is 27.2 Å². The third kappa shape index (κ3) is 4.34. The van der Waals surface area contributed by atoms with Gasteiger partial charge >= 0.3 is 6.03 Å². The molecule has 3 nitrogen and oxygen atoms in total. The largest absolute Gasteiger partial charge is 0.333 e. The molecule has 0 bridgehead atoms. The van der Waals surface area contributed by atoms with E-state index in [0.717, 1.165) is 6.42 Å². The van der Waals surface area contributed by atoms with Gasteiger partial charge in [-0.25, -0.2) is 9.18 Å². The second-order valence-electron chi connectivity index (χ2n) is 4.44. The van der Waals surface area contributed by atoms with Gasteiger partial charge in [-0.2, -0.15) is 0 Å². The molecule has 0 fully saturated rings. The fourth-order valence-corrected chi connectivity index (χ4v) is 1.47. The lowest BCUT2D eigenvalue weighted by atomic mass is 10.0. The number of urea groups is 1. The predicted octanol–water partition coefficient (Wildman–Crippen LogP) is 3.90. The van der Waals surface area contributed by atoms with Crippen LogP contribution in [0.3, 0.4) is 0 Å². The average molecular weight is 303 g/mol. The van der Waals surface area contributed by atoms with E-state index < -0.39 is 11.8 Å². The highest BCUT2D eigenvalue weighted by Gasteiger charge is 2.18. The van der Waals surface area contributed by atoms with Crippen LogP contribution in [0, 0.1) is 5.82 Å². The van der Waals surface area contributed by atoms with Gasteiger partial charge in [-0.15, -0.1) is 0 Å². The number of hydrogen-bond acceptors (Lipinski definition) is 1. The highest BCUT2D eigenvalue weighted by Crippen LogP contribution is 2.19. The van der Waals surface area contributed by atoms with E-state index in [1.807, 2.05) is 20.8 Å². The monoisotopic (exact) mass is 302 g/mol. The number of hydrogen-bond donors (Lipinski definition) is 2. The maximum atomic E-state index is 13.5. The number of carbonyl (C=O) groups is 1. The Kier molecular flexibility index (Phi) is 4.51. The van der Waals surface area contributed by atoms with Crippen molar-refractivity contribution in [3.05, 3.63) is 28.5 Å². The van der Waals surface area contributed by atoms with Gasteiger partial charge in [0, 0.05) is 10.0 Å². The van der Waals surface area contributed by atoms with Crippen LogP contribution < -0.4 is 10.6 Å². The van der Waals surface area contributed by atoms with Gasteiger partial charge in [0.2, 0.25) is 0 Å². The normalized spacial score (nSPS) is 11.1. The number of rotatable bonds is 3. The minimum absolute atomic E-state index is 0.164. The van der Waals surface area contributed by atoms with E-state index in [1.54, 1.807) is 6.07 Å². The SMILES string of the molecule is CCC(C)(C)NC(=O)Nc1ccc(Br)cc1F. The first kappa shape index (κ1) is 14.0. The maximum absolute atomic E-state index is 13.5. The molecule has 1 aromatic carbocycles. The average Bonchev–Trinajstić information content (AvgIpc) is 2.21. The zero-order chi connectivity index (χ0) is 13.1. The Morgan fingerprint density at radius 2 is 2.12 bits per heavy atom. The highest BCUT2D eigenvalue weighted by molar-refractivity contribution is 9.10. The lowest BCUT2D eigenvalue weighted by molar-refractivity contribution is 0.240. The van der Waals surface area contributed by atoms with E-state index in [9.17, 15) is 9.18 Å². The van der Waals surface area contributed by atoms with E-state index in [1.165, 1.54) is 12.1 Å². The summed E-state index contributed by atoms with van der Waals surface area (Å²) in [6.07, 6.45) is 0.795. The molecule has 5 heteroatoms. The summed E-state index contributed by atoms with van der Waals surface area (Å²) >= 11 is 3.15. The van der Waals surface area contributed by atoms with Crippen LogP contribution in [0.4, 0.5) is 14.9 Å². The van der Waals surface area contributed by atoms with E-state index in [4.69, 9.17) is 0 Å². The van der Waals surface area contributed by atoms with Gasteiger partial charge in [0.1, 0.15) is 5.82 Å². The van der Waals surface area contributed by atoms with Crippen molar-refractivity contribution >= 4 is 27.6 Å². The molecule has 0 unspecified atom stereocenters. The third-order valence-corrected chi connectivity index (χ3v) is 3.01. The van der Waals surface area contributed by atoms with Crippen LogP contribution >= 0.6 is 15.9 Å². The molecular formula is C12H16BrFN2O. The van der Waals surface area contributed by atoms with Gasteiger partial charge < -0.3 is 10.6 Å². The van der Waals surface area contributed by atoms with Crippen molar-refractivity contribution in [2.45, 2.75) is 32.7 Å². The Morgan fingerprint density at radius 1 is 1.47 bits per heavy atom. The zero-order valence-corrected chi connectivity index (χ0v) is 11.7. The molecule has 1 aromatic rings. The molecule has 0 aliphatic heterocycles. The van der Waals surface area contributed by atoms with Crippen LogP contribution in [-0.4, -0.2) is 11.6 Å². The van der Waals surface area contributed by atoms with Crippen LogP contribution in [-0.2, 0) is 0 Å². The van der Waals surface area contributed by atoms with Crippen LogP contribution in [0.5, 0.6) is 0 Å². The van der Waals surface area contributed by atoms with Crippen molar-refractivity contribution < 1.29 is 9.18 Å². The van der Waals surface area contributed by atoms with Gasteiger partial charge in [0.25, 0.3) is 0 Å². The standard InChI is InChI=1S/C12H16BrFN2O/c1-4-12(2,3)16-11(17)15-10-6-5-8(13)7-9(10)14/h5-7H,4H2,1-3H3,(H2,15,16,17). The van der Waals surface area contributed by atoms with E-state index in [0.29, 0.717) is 4.47 Å². The molecule has 2 N–H and O–H groups in total. The minimum Gasteiger partial charge on any atom is -0.333 e. The van der Waals surface area contributed by atoms with Crippen LogP contribution in [0.25, 0.3) is 0 Å². The molecule has 0 radical (unpaired) electrons. The summed E-state index contributed by atoms with van der Waals surface area (Å²) in [5.41, 5.74) is -0.145. The fraction of sp³-hybridized carbons (Fsp3) is 0.417. The van der Waals surface area contributed by atoms with E-state index in [-0.39, 0.29) is 11.2 Å². The summed E-state index contributed by atoms with van der Waals surface area (Å²) in [7, 11) is 0. The molecule has 0 aliphatic carbocycles. The lowest BCUT2D eigenvalue weighted by Gasteiger charge is -2.24. The number of nitrogens with one attached hydrogen (secondary N) is 2. The first-order valence-electron chi connectivity index (χ1n) is 5.38. The molecule has 2 amide bonds. The van der Waals surface area contributed by atoms with Crippen molar-refractivity contribution in [2.75, 3.05) is 5.32 Å². The summed E-state index contributed by atoms with van der Waals surface area (Å²) in [6.45, 7) is 5.79. The number of benzene rings is 1. The number of carbonyl (C=O) groups excluding carboxylic acids is 1. The number of amides is 2. The van der Waals surface area contributed by atoms with Crippen LogP contribution in [0.15, 0.2) is 22.7 Å². The molecule has 17 heavy (non-hydrogen) atoms. The molecule has 0 aliphatic rings. The first-order chi connectivity index (χ1) is 7.84. The molecule has 0 aromatic heterocycles. The van der Waals surface area contributed by atoms with Gasteiger partial charge in [0.05, 0.1) is 5.69 Å². The zero-order valence-electron chi connectivity index (χ0n) is 10.1. The molecular weight excluding hydrogens is 287 g/mol. The highest BCUT2D eigenvalue weighted by atomic mass is 79.9. The van der Waals surface area contributed by atoms with E-state index in [2.05, 4.69) is 26.6 Å². The summed E-state index contributed by atoms with van der Waals surface area (Å²) in [4.78, 5) is 11.6. The molecule has 1 rings (SSSR count). The van der Waals surface area contributed by atoms with Crippen molar-refractivity contribution in [3.8, 4) is 0 Å². The molecule has 0 spiro atoms. The van der Waals surface area contributed by atoms with Gasteiger partial charge in [0.15, 0.2) is 0 Å². The summed E-state index contributed by atoms with van der Waals surface area (Å²) in [5, 5.41) is 5.25. The molecule has 0 saturated carbocycles. The van der Waals surface area contributed by atoms with Crippen molar-refractivity contribution in [3.63, 3.8) is 0 Å². The van der Waals surface area contributed by atoms with Gasteiger partial charge in [-0.05, 0) is 38.5 Å². The predicted molar refractivity (Wildman–Crippen MR) is 70.6 cm³/mol. The first-order valence-corrected chi connectivity index (χ1v) is 6.17. The topological polar surface area (TPSA) is 41.1 Å². The smallest absolute Gasteiger partial charge is 0.319 e. The summed E-state index contributed by atoms with van der Waals surface area (Å²) in [6, 6.07) is 4.08. The van der Waals surface area contributed by atoms with Crippen molar-refractivity contribution in [1.82, 2.24) is 5.32 Å². The lowest BCUT2D eigenvalue weighted by Crippen LogP contribution is -2.45. The Balaban J connectivity index is 2.69. The van der Waals surface area contributed by atoms with Crippen molar-refractivity contribution in [1.29, 1.82) is 0 Å². The van der Waals surface area contributed by atoms with E-state index >= 15 is 0 Å². The maximum Gasteiger partial charge on any atom is 0.319 e. The van der Waals surface area contributed by atoms with Crippen LogP contribution in [0.2, 0.25) is 0 Å². The number of halogens is 2. The molecule has 0 saturated heterocycles. The second-order valence-corrected chi connectivity index (χ2v) is 5.36. The van der Waals surface area contributed by atoms with Gasteiger partial charge in [-0.1, -0.05) is 22.9 Å². The van der Waals surface area contributed by atoms with Gasteiger partial charge in [-0.3, -0.25) is 0 Å². The molecule has 0 heterocycles. The molecule has 0 atom stereocenters. The fourth-order valence-electron chi connectivity index (χ4n) is 1.14. The van der Waals surface area contributed by atoms with Crippen molar-refractivity contribution in [2.24, 2.45) is 0 Å². The third-order valence-electron chi connectivity index (χ3n) is 2.52.